The Bertz CT molecular complexity index is 563. The van der Waals surface area contributed by atoms with Crippen molar-refractivity contribution in [1.82, 2.24) is 10.6 Å². The molecule has 2 aliphatic rings. The molecule has 2 saturated heterocycles. The van der Waals surface area contributed by atoms with Crippen LogP contribution in [0.4, 0.5) is 5.69 Å². The van der Waals surface area contributed by atoms with Crippen molar-refractivity contribution in [2.24, 2.45) is 0 Å². The molecule has 6 nitrogen and oxygen atoms in total. The first-order chi connectivity index (χ1) is 10.6. The summed E-state index contributed by atoms with van der Waals surface area (Å²) < 4.78 is 0. The number of aliphatic hydroxyl groups is 1. The van der Waals surface area contributed by atoms with Gasteiger partial charge in [0.25, 0.3) is 0 Å². The molecular weight excluding hydrogens is 282 g/mol. The molecule has 0 aromatic heterocycles. The zero-order valence-corrected chi connectivity index (χ0v) is 12.5. The Kier molecular flexibility index (Phi) is 4.13. The third kappa shape index (κ3) is 2.84. The Hall–Kier alpha value is -1.92. The topological polar surface area (TPSA) is 81.7 Å². The number of nitrogens with one attached hydrogen (secondary N) is 2. The number of para-hydroxylation sites is 1. The summed E-state index contributed by atoms with van der Waals surface area (Å²) in [7, 11) is 0. The molecule has 0 bridgehead atoms. The lowest BCUT2D eigenvalue weighted by Crippen LogP contribution is -2.48. The minimum atomic E-state index is -0.498. The van der Waals surface area contributed by atoms with Crippen LogP contribution >= 0.6 is 0 Å². The zero-order chi connectivity index (χ0) is 15.7. The van der Waals surface area contributed by atoms with E-state index in [1.54, 1.807) is 4.90 Å². The smallest absolute Gasteiger partial charge is 0.249 e. The highest BCUT2D eigenvalue weighted by Crippen LogP contribution is 2.26. The van der Waals surface area contributed by atoms with Gasteiger partial charge in [0, 0.05) is 18.3 Å². The van der Waals surface area contributed by atoms with E-state index in [9.17, 15) is 14.7 Å². The minimum Gasteiger partial charge on any atom is -0.392 e. The SMILES string of the molecule is C[C@@H]1C[C@H](NC(=O)[C@H]2C[C@H](O)CN2)C(=O)N1c1ccccc1. The molecule has 2 aliphatic heterocycles. The van der Waals surface area contributed by atoms with Crippen LogP contribution in [0.2, 0.25) is 0 Å². The summed E-state index contributed by atoms with van der Waals surface area (Å²) in [6, 6.07) is 8.62. The van der Waals surface area contributed by atoms with E-state index in [4.69, 9.17) is 0 Å². The first-order valence-corrected chi connectivity index (χ1v) is 7.66. The molecule has 22 heavy (non-hydrogen) atoms. The number of β-amino-alcohol motifs (C(OH)–C–C–N with tert-alkyl or cyclic N) is 1. The van der Waals surface area contributed by atoms with Crippen molar-refractivity contribution in [2.75, 3.05) is 11.4 Å². The molecule has 0 saturated carbocycles. The average molecular weight is 303 g/mol. The highest BCUT2D eigenvalue weighted by molar-refractivity contribution is 6.02. The number of hydrogen-bond acceptors (Lipinski definition) is 4. The zero-order valence-electron chi connectivity index (χ0n) is 12.5. The van der Waals surface area contributed by atoms with Gasteiger partial charge in [-0.2, -0.15) is 0 Å². The summed E-state index contributed by atoms with van der Waals surface area (Å²) in [4.78, 5) is 26.5. The van der Waals surface area contributed by atoms with Crippen molar-refractivity contribution in [3.63, 3.8) is 0 Å². The molecule has 2 amide bonds. The van der Waals surface area contributed by atoms with Crippen LogP contribution < -0.4 is 15.5 Å². The van der Waals surface area contributed by atoms with Gasteiger partial charge in [-0.05, 0) is 31.9 Å². The predicted octanol–water partition coefficient (Wildman–Crippen LogP) is 0.0194. The van der Waals surface area contributed by atoms with Gasteiger partial charge in [-0.1, -0.05) is 18.2 Å². The number of aliphatic hydroxyl groups excluding tert-OH is 1. The van der Waals surface area contributed by atoms with Gasteiger partial charge >= 0.3 is 0 Å². The van der Waals surface area contributed by atoms with Crippen LogP contribution in [-0.2, 0) is 9.59 Å². The lowest BCUT2D eigenvalue weighted by molar-refractivity contribution is -0.127. The Morgan fingerprint density at radius 1 is 1.32 bits per heavy atom. The van der Waals surface area contributed by atoms with E-state index in [-0.39, 0.29) is 17.9 Å². The monoisotopic (exact) mass is 303 g/mol. The minimum absolute atomic E-state index is 0.0438. The van der Waals surface area contributed by atoms with Gasteiger partial charge in [0.05, 0.1) is 12.1 Å². The lowest BCUT2D eigenvalue weighted by atomic mass is 10.1. The quantitative estimate of drug-likeness (QED) is 0.735. The standard InChI is InChI=1S/C16H21N3O3/c1-10-7-14(18-15(21)13-8-12(20)9-17-13)16(22)19(10)11-5-3-2-4-6-11/h2-6,10,12-14,17,20H,7-9H2,1H3,(H,18,21)/t10-,12+,13-,14+/m1/s1. The Balaban J connectivity index is 1.66. The number of amides is 2. The Morgan fingerprint density at radius 3 is 2.68 bits per heavy atom. The lowest BCUT2D eigenvalue weighted by Gasteiger charge is -2.21. The summed E-state index contributed by atoms with van der Waals surface area (Å²) in [6.07, 6.45) is 0.495. The number of benzene rings is 1. The fourth-order valence-electron chi connectivity index (χ4n) is 3.21. The van der Waals surface area contributed by atoms with Gasteiger partial charge in [-0.3, -0.25) is 9.59 Å². The number of hydrogen-bond donors (Lipinski definition) is 3. The summed E-state index contributed by atoms with van der Waals surface area (Å²) in [5.41, 5.74) is 0.853. The molecule has 2 heterocycles. The first kappa shape index (κ1) is 15.0. The van der Waals surface area contributed by atoms with Gasteiger partial charge in [0.1, 0.15) is 6.04 Å². The van der Waals surface area contributed by atoms with Gasteiger partial charge in [-0.15, -0.1) is 0 Å². The van der Waals surface area contributed by atoms with E-state index in [0.717, 1.165) is 5.69 Å². The highest BCUT2D eigenvalue weighted by atomic mass is 16.3. The molecule has 4 atom stereocenters. The fraction of sp³-hybridized carbons (Fsp3) is 0.500. The second-order valence-electron chi connectivity index (χ2n) is 6.04. The third-order valence-corrected chi connectivity index (χ3v) is 4.33. The van der Waals surface area contributed by atoms with Crippen LogP contribution in [-0.4, -0.2) is 47.7 Å². The normalized spacial score (nSPS) is 31.5. The number of carbonyl (C=O) groups is 2. The molecule has 3 N–H and O–H groups in total. The van der Waals surface area contributed by atoms with E-state index in [2.05, 4.69) is 10.6 Å². The Morgan fingerprint density at radius 2 is 2.05 bits per heavy atom. The molecule has 6 heteroatoms. The number of anilines is 1. The van der Waals surface area contributed by atoms with Crippen LogP contribution in [0.25, 0.3) is 0 Å². The second-order valence-corrected chi connectivity index (χ2v) is 6.04. The summed E-state index contributed by atoms with van der Waals surface area (Å²) >= 11 is 0. The van der Waals surface area contributed by atoms with Gasteiger partial charge in [0.15, 0.2) is 0 Å². The van der Waals surface area contributed by atoms with Crippen molar-refractivity contribution in [3.05, 3.63) is 30.3 Å². The van der Waals surface area contributed by atoms with E-state index in [0.29, 0.717) is 19.4 Å². The fourth-order valence-corrected chi connectivity index (χ4v) is 3.21. The maximum absolute atomic E-state index is 12.6. The van der Waals surface area contributed by atoms with E-state index >= 15 is 0 Å². The van der Waals surface area contributed by atoms with Gasteiger partial charge in [-0.25, -0.2) is 0 Å². The Labute approximate surface area is 129 Å². The van der Waals surface area contributed by atoms with E-state index in [1.807, 2.05) is 37.3 Å². The number of rotatable bonds is 3. The van der Waals surface area contributed by atoms with Crippen molar-refractivity contribution in [1.29, 1.82) is 0 Å². The maximum atomic E-state index is 12.6. The van der Waals surface area contributed by atoms with Crippen LogP contribution in [0, 0.1) is 0 Å². The molecule has 1 aromatic rings. The molecule has 118 valence electrons. The van der Waals surface area contributed by atoms with Crippen LogP contribution in [0.15, 0.2) is 30.3 Å². The predicted molar refractivity (Wildman–Crippen MR) is 82.4 cm³/mol. The molecule has 0 spiro atoms. The van der Waals surface area contributed by atoms with Crippen molar-refractivity contribution in [2.45, 2.75) is 44.0 Å². The molecule has 0 radical (unpaired) electrons. The second kappa shape index (κ2) is 6.06. The van der Waals surface area contributed by atoms with Crippen molar-refractivity contribution in [3.8, 4) is 0 Å². The van der Waals surface area contributed by atoms with Crippen LogP contribution in [0.1, 0.15) is 19.8 Å². The molecule has 1 aromatic carbocycles. The summed E-state index contributed by atoms with van der Waals surface area (Å²) in [5, 5.41) is 15.3. The molecule has 0 unspecified atom stereocenters. The third-order valence-electron chi connectivity index (χ3n) is 4.33. The molecule has 3 rings (SSSR count). The number of nitrogens with zero attached hydrogens (tertiary/aromatic N) is 1. The van der Waals surface area contributed by atoms with Crippen molar-refractivity contribution < 1.29 is 14.7 Å². The van der Waals surface area contributed by atoms with Crippen LogP contribution in [0.3, 0.4) is 0 Å². The highest BCUT2D eigenvalue weighted by Gasteiger charge is 2.40. The van der Waals surface area contributed by atoms with Crippen LogP contribution in [0.5, 0.6) is 0 Å². The molecule has 0 aliphatic carbocycles. The van der Waals surface area contributed by atoms with E-state index < -0.39 is 18.2 Å². The largest absolute Gasteiger partial charge is 0.392 e. The maximum Gasteiger partial charge on any atom is 0.249 e. The van der Waals surface area contributed by atoms with Gasteiger partial charge in [0.2, 0.25) is 11.8 Å². The average Bonchev–Trinajstić information content (AvgIpc) is 3.05. The first-order valence-electron chi connectivity index (χ1n) is 7.66. The van der Waals surface area contributed by atoms with E-state index in [1.165, 1.54) is 0 Å². The number of carbonyl (C=O) groups excluding carboxylic acids is 2. The summed E-state index contributed by atoms with van der Waals surface area (Å²) in [5.74, 6) is -0.289. The summed E-state index contributed by atoms with van der Waals surface area (Å²) in [6.45, 7) is 2.40. The molecule has 2 fully saturated rings. The molecular formula is C16H21N3O3. The van der Waals surface area contributed by atoms with Gasteiger partial charge < -0.3 is 20.6 Å². The van der Waals surface area contributed by atoms with Crippen molar-refractivity contribution >= 4 is 17.5 Å².